The third-order valence-electron chi connectivity index (χ3n) is 2.28. The molecule has 102 valence electrons. The number of nitrogens with one attached hydrogen (secondary N) is 1. The largest absolute Gasteiger partial charge is 0.382 e. The van der Waals surface area contributed by atoms with Crippen molar-refractivity contribution in [2.24, 2.45) is 0 Å². The van der Waals surface area contributed by atoms with Gasteiger partial charge in [-0.3, -0.25) is 4.79 Å². The molecule has 5 nitrogen and oxygen atoms in total. The van der Waals surface area contributed by atoms with Gasteiger partial charge in [0, 0.05) is 19.0 Å². The first kappa shape index (κ1) is 14.1. The van der Waals surface area contributed by atoms with Crippen LogP contribution in [0.1, 0.15) is 14.5 Å². The number of hydrogen-bond donors (Lipinski definition) is 2. The molecule has 2 heterocycles. The maximum atomic E-state index is 12.0. The van der Waals surface area contributed by atoms with Crippen LogP contribution < -0.4 is 16.0 Å². The summed E-state index contributed by atoms with van der Waals surface area (Å²) in [6, 6.07) is 3.69. The van der Waals surface area contributed by atoms with Gasteiger partial charge in [-0.1, -0.05) is 22.9 Å². The fourth-order valence-corrected chi connectivity index (χ4v) is 3.22. The van der Waals surface area contributed by atoms with E-state index in [1.54, 1.807) is 6.07 Å². The average molecular weight is 317 g/mol. The molecule has 0 bridgehead atoms. The molecular formula is C11H13ClN4OS2. The van der Waals surface area contributed by atoms with E-state index >= 15 is 0 Å². The lowest BCUT2D eigenvalue weighted by Crippen LogP contribution is -2.22. The Labute approximate surface area is 124 Å². The molecule has 0 aliphatic carbocycles. The number of amides is 1. The minimum absolute atomic E-state index is 0.215. The highest BCUT2D eigenvalue weighted by Crippen LogP contribution is 2.27. The van der Waals surface area contributed by atoms with E-state index in [2.05, 4.69) is 10.3 Å². The van der Waals surface area contributed by atoms with Crippen molar-refractivity contribution < 1.29 is 4.79 Å². The monoisotopic (exact) mass is 316 g/mol. The molecular weight excluding hydrogens is 304 g/mol. The summed E-state index contributed by atoms with van der Waals surface area (Å²) in [5.74, 6) is 0.0445. The van der Waals surface area contributed by atoms with Crippen LogP contribution in [0.15, 0.2) is 12.1 Å². The lowest BCUT2D eigenvalue weighted by atomic mass is 10.4. The van der Waals surface area contributed by atoms with Crippen LogP contribution in [0.4, 0.5) is 10.9 Å². The number of rotatable bonds is 4. The van der Waals surface area contributed by atoms with Gasteiger partial charge in [-0.25, -0.2) is 4.98 Å². The smallest absolute Gasteiger partial charge is 0.265 e. The molecule has 0 fully saturated rings. The van der Waals surface area contributed by atoms with Crippen LogP contribution in [0.25, 0.3) is 0 Å². The zero-order chi connectivity index (χ0) is 14.0. The second-order valence-corrected chi connectivity index (χ2v) is 6.77. The van der Waals surface area contributed by atoms with E-state index in [0.717, 1.165) is 4.88 Å². The predicted molar refractivity (Wildman–Crippen MR) is 81.4 cm³/mol. The van der Waals surface area contributed by atoms with Gasteiger partial charge in [0.25, 0.3) is 5.91 Å². The van der Waals surface area contributed by atoms with Gasteiger partial charge in [-0.2, -0.15) is 0 Å². The lowest BCUT2D eigenvalue weighted by molar-refractivity contribution is 0.0956. The quantitative estimate of drug-likeness (QED) is 0.909. The molecule has 2 aromatic rings. The van der Waals surface area contributed by atoms with E-state index in [-0.39, 0.29) is 11.7 Å². The second kappa shape index (κ2) is 5.77. The number of carbonyl (C=O) groups excluding carboxylic acids is 1. The summed E-state index contributed by atoms with van der Waals surface area (Å²) in [5, 5.41) is 3.52. The van der Waals surface area contributed by atoms with Gasteiger partial charge in [0.05, 0.1) is 10.9 Å². The minimum Gasteiger partial charge on any atom is -0.382 e. The number of nitrogen functional groups attached to an aromatic ring is 1. The van der Waals surface area contributed by atoms with Crippen LogP contribution in [0.3, 0.4) is 0 Å². The zero-order valence-electron chi connectivity index (χ0n) is 10.4. The number of nitrogens with two attached hydrogens (primary N) is 1. The van der Waals surface area contributed by atoms with Crippen molar-refractivity contribution in [3.05, 3.63) is 26.2 Å². The standard InChI is InChI=1S/C11H13ClN4OS2/c1-16(2)11-15-9(13)8(19-11)10(17)14-5-6-3-4-7(12)18-6/h3-4H,5,13H2,1-2H3,(H,14,17). The molecule has 0 atom stereocenters. The molecule has 0 saturated carbocycles. The van der Waals surface area contributed by atoms with Gasteiger partial charge in [-0.05, 0) is 12.1 Å². The Kier molecular flexibility index (Phi) is 4.28. The van der Waals surface area contributed by atoms with Gasteiger partial charge in [0.15, 0.2) is 5.13 Å². The molecule has 1 amide bonds. The van der Waals surface area contributed by atoms with Gasteiger partial charge in [0.1, 0.15) is 10.7 Å². The molecule has 0 spiro atoms. The Balaban J connectivity index is 2.03. The number of aromatic nitrogens is 1. The van der Waals surface area contributed by atoms with Crippen LogP contribution in [-0.4, -0.2) is 25.0 Å². The van der Waals surface area contributed by atoms with Crippen molar-refractivity contribution in [1.29, 1.82) is 0 Å². The number of hydrogen-bond acceptors (Lipinski definition) is 6. The molecule has 0 aliphatic rings. The Hall–Kier alpha value is -1.31. The molecule has 0 saturated heterocycles. The van der Waals surface area contributed by atoms with E-state index < -0.39 is 0 Å². The molecule has 8 heteroatoms. The first-order chi connectivity index (χ1) is 8.97. The maximum Gasteiger partial charge on any atom is 0.265 e. The van der Waals surface area contributed by atoms with E-state index in [9.17, 15) is 4.79 Å². The van der Waals surface area contributed by atoms with Gasteiger partial charge < -0.3 is 16.0 Å². The number of anilines is 2. The Morgan fingerprint density at radius 3 is 2.74 bits per heavy atom. The fraction of sp³-hybridized carbons (Fsp3) is 0.273. The van der Waals surface area contributed by atoms with E-state index in [1.165, 1.54) is 22.7 Å². The van der Waals surface area contributed by atoms with Crippen LogP contribution in [-0.2, 0) is 6.54 Å². The van der Waals surface area contributed by atoms with E-state index in [4.69, 9.17) is 17.3 Å². The second-order valence-electron chi connectivity index (χ2n) is 3.99. The SMILES string of the molecule is CN(C)c1nc(N)c(C(=O)NCc2ccc(Cl)s2)s1. The summed E-state index contributed by atoms with van der Waals surface area (Å²) < 4.78 is 0.705. The van der Waals surface area contributed by atoms with Crippen molar-refractivity contribution in [3.63, 3.8) is 0 Å². The summed E-state index contributed by atoms with van der Waals surface area (Å²) >= 11 is 8.54. The predicted octanol–water partition coefficient (Wildman–Crippen LogP) is 2.44. The zero-order valence-corrected chi connectivity index (χ0v) is 12.8. The van der Waals surface area contributed by atoms with Crippen LogP contribution in [0, 0.1) is 0 Å². The van der Waals surface area contributed by atoms with Gasteiger partial charge >= 0.3 is 0 Å². The molecule has 0 aliphatic heterocycles. The third-order valence-corrected chi connectivity index (χ3v) is 4.75. The normalized spacial score (nSPS) is 10.5. The molecule has 0 aromatic carbocycles. The van der Waals surface area contributed by atoms with E-state index in [0.29, 0.717) is 20.9 Å². The minimum atomic E-state index is -0.215. The maximum absolute atomic E-state index is 12.0. The topological polar surface area (TPSA) is 71.2 Å². The number of halogens is 1. The van der Waals surface area contributed by atoms with Crippen molar-refractivity contribution >= 4 is 51.1 Å². The van der Waals surface area contributed by atoms with Crippen LogP contribution >= 0.6 is 34.3 Å². The highest BCUT2D eigenvalue weighted by atomic mass is 35.5. The van der Waals surface area contributed by atoms with Crippen molar-refractivity contribution in [3.8, 4) is 0 Å². The average Bonchev–Trinajstić information content (AvgIpc) is 2.92. The van der Waals surface area contributed by atoms with Gasteiger partial charge in [-0.15, -0.1) is 11.3 Å². The van der Waals surface area contributed by atoms with Crippen molar-refractivity contribution in [1.82, 2.24) is 10.3 Å². The highest BCUT2D eigenvalue weighted by Gasteiger charge is 2.16. The summed E-state index contributed by atoms with van der Waals surface area (Å²) in [5.41, 5.74) is 5.75. The number of thiazole rings is 1. The molecule has 3 N–H and O–H groups in total. The summed E-state index contributed by atoms with van der Waals surface area (Å²) in [7, 11) is 3.71. The number of nitrogens with zero attached hydrogens (tertiary/aromatic N) is 2. The summed E-state index contributed by atoms with van der Waals surface area (Å²) in [6.07, 6.45) is 0. The van der Waals surface area contributed by atoms with Crippen molar-refractivity contribution in [2.75, 3.05) is 24.7 Å². The summed E-state index contributed by atoms with van der Waals surface area (Å²) in [6.45, 7) is 0.435. The van der Waals surface area contributed by atoms with Crippen LogP contribution in [0.2, 0.25) is 4.34 Å². The first-order valence-electron chi connectivity index (χ1n) is 5.43. The van der Waals surface area contributed by atoms with Gasteiger partial charge in [0.2, 0.25) is 0 Å². The highest BCUT2D eigenvalue weighted by molar-refractivity contribution is 7.18. The lowest BCUT2D eigenvalue weighted by Gasteiger charge is -2.05. The van der Waals surface area contributed by atoms with E-state index in [1.807, 2.05) is 25.1 Å². The number of carbonyl (C=O) groups is 1. The van der Waals surface area contributed by atoms with Crippen LogP contribution in [0.5, 0.6) is 0 Å². The Morgan fingerprint density at radius 2 is 2.21 bits per heavy atom. The molecule has 0 radical (unpaired) electrons. The van der Waals surface area contributed by atoms with Crippen molar-refractivity contribution in [2.45, 2.75) is 6.54 Å². The molecule has 19 heavy (non-hydrogen) atoms. The third kappa shape index (κ3) is 3.37. The first-order valence-corrected chi connectivity index (χ1v) is 7.44. The summed E-state index contributed by atoms with van der Waals surface area (Å²) in [4.78, 5) is 19.4. The fourth-order valence-electron chi connectivity index (χ4n) is 1.37. The number of thiophene rings is 1. The Bertz CT molecular complexity index is 593. The molecule has 2 rings (SSSR count). The molecule has 2 aromatic heterocycles. The Morgan fingerprint density at radius 1 is 1.47 bits per heavy atom. The molecule has 0 unspecified atom stereocenters.